The third kappa shape index (κ3) is 2.40. The van der Waals surface area contributed by atoms with Crippen molar-refractivity contribution in [3.05, 3.63) is 0 Å². The highest BCUT2D eigenvalue weighted by atomic mass is 16.4. The van der Waals surface area contributed by atoms with Gasteiger partial charge in [-0.3, -0.25) is 9.59 Å². The number of carboxylic acid groups (broad SMARTS) is 1. The summed E-state index contributed by atoms with van der Waals surface area (Å²) in [4.78, 5) is 35.6. The van der Waals surface area contributed by atoms with E-state index < -0.39 is 29.1 Å². The lowest BCUT2D eigenvalue weighted by Crippen LogP contribution is -2.46. The van der Waals surface area contributed by atoms with E-state index in [2.05, 4.69) is 0 Å². The van der Waals surface area contributed by atoms with Crippen LogP contribution in [0.15, 0.2) is 0 Å². The zero-order valence-electron chi connectivity index (χ0n) is 9.82. The Balaban J connectivity index is 2.82. The van der Waals surface area contributed by atoms with Crippen molar-refractivity contribution in [2.24, 2.45) is 5.41 Å². The number of carbonyl (C=O) groups is 3. The molecule has 0 bridgehead atoms. The molecule has 16 heavy (non-hydrogen) atoms. The molecule has 5 nitrogen and oxygen atoms in total. The van der Waals surface area contributed by atoms with E-state index in [1.165, 1.54) is 4.90 Å². The summed E-state index contributed by atoms with van der Waals surface area (Å²) in [6.07, 6.45) is 1.07. The molecule has 1 amide bonds. The van der Waals surface area contributed by atoms with Crippen molar-refractivity contribution in [1.29, 1.82) is 0 Å². The van der Waals surface area contributed by atoms with Crippen molar-refractivity contribution in [3.63, 3.8) is 0 Å². The number of hydrogen-bond acceptors (Lipinski definition) is 3. The van der Waals surface area contributed by atoms with Crippen LogP contribution in [0, 0.1) is 5.41 Å². The van der Waals surface area contributed by atoms with Gasteiger partial charge in [0.25, 0.3) is 5.91 Å². The molecule has 1 N–H and O–H groups in total. The average molecular weight is 227 g/mol. The van der Waals surface area contributed by atoms with E-state index in [0.29, 0.717) is 19.4 Å². The van der Waals surface area contributed by atoms with Gasteiger partial charge in [-0.25, -0.2) is 4.79 Å². The number of Topliss-reactive ketones (excluding diaryl/α,β-unsaturated/α-hetero) is 1. The Morgan fingerprint density at radius 3 is 2.25 bits per heavy atom. The highest BCUT2D eigenvalue weighted by molar-refractivity contribution is 6.38. The number of rotatable bonds is 2. The van der Waals surface area contributed by atoms with Crippen LogP contribution in [0.3, 0.4) is 0 Å². The molecular formula is C11H17NO4. The molecule has 1 heterocycles. The van der Waals surface area contributed by atoms with Gasteiger partial charge in [-0.2, -0.15) is 0 Å². The standard InChI is InChI=1S/C11H17NO4/c1-11(2,3)8(13)9(14)12-6-4-5-7(12)10(15)16/h7H,4-6H2,1-3H3,(H,15,16). The molecule has 0 aromatic heterocycles. The minimum Gasteiger partial charge on any atom is -0.480 e. The second-order valence-corrected chi connectivity index (χ2v) is 5.07. The first-order valence-corrected chi connectivity index (χ1v) is 5.33. The Bertz CT molecular complexity index is 329. The summed E-state index contributed by atoms with van der Waals surface area (Å²) in [6.45, 7) is 5.31. The lowest BCUT2D eigenvalue weighted by atomic mass is 9.90. The number of amides is 1. The van der Waals surface area contributed by atoms with E-state index in [-0.39, 0.29) is 0 Å². The fourth-order valence-corrected chi connectivity index (χ4v) is 1.72. The van der Waals surface area contributed by atoms with Crippen LogP contribution in [0.5, 0.6) is 0 Å². The van der Waals surface area contributed by atoms with Gasteiger partial charge < -0.3 is 10.0 Å². The molecule has 5 heteroatoms. The van der Waals surface area contributed by atoms with Gasteiger partial charge in [0.05, 0.1) is 0 Å². The quantitative estimate of drug-likeness (QED) is 0.704. The molecule has 0 saturated carbocycles. The Hall–Kier alpha value is -1.39. The molecule has 1 aliphatic rings. The second kappa shape index (κ2) is 4.23. The SMILES string of the molecule is CC(C)(C)C(=O)C(=O)N1CCCC1C(=O)O. The summed E-state index contributed by atoms with van der Waals surface area (Å²) in [5.74, 6) is -2.23. The van der Waals surface area contributed by atoms with Crippen molar-refractivity contribution in [2.45, 2.75) is 39.7 Å². The van der Waals surface area contributed by atoms with Crippen LogP contribution in [-0.2, 0) is 14.4 Å². The number of ketones is 1. The summed E-state index contributed by atoms with van der Waals surface area (Å²) in [7, 11) is 0. The molecule has 1 aliphatic heterocycles. The van der Waals surface area contributed by atoms with Crippen LogP contribution in [0.1, 0.15) is 33.6 Å². The number of carbonyl (C=O) groups excluding carboxylic acids is 2. The normalized spacial score (nSPS) is 20.9. The van der Waals surface area contributed by atoms with E-state index >= 15 is 0 Å². The Kier molecular flexibility index (Phi) is 3.35. The summed E-state index contributed by atoms with van der Waals surface area (Å²) in [6, 6.07) is -0.834. The molecular weight excluding hydrogens is 210 g/mol. The van der Waals surface area contributed by atoms with Gasteiger partial charge in [-0.05, 0) is 12.8 Å². The first kappa shape index (κ1) is 12.7. The van der Waals surface area contributed by atoms with Crippen molar-refractivity contribution >= 4 is 17.7 Å². The molecule has 0 aromatic rings. The molecule has 0 spiro atoms. The van der Waals surface area contributed by atoms with E-state index in [1.807, 2.05) is 0 Å². The van der Waals surface area contributed by atoms with Gasteiger partial charge in [0.2, 0.25) is 5.78 Å². The molecule has 0 aromatic carbocycles. The Morgan fingerprint density at radius 2 is 1.81 bits per heavy atom. The van der Waals surface area contributed by atoms with Crippen LogP contribution in [-0.4, -0.2) is 40.3 Å². The first-order chi connectivity index (χ1) is 7.25. The van der Waals surface area contributed by atoms with Crippen LogP contribution >= 0.6 is 0 Å². The highest BCUT2D eigenvalue weighted by Crippen LogP contribution is 2.22. The number of likely N-dealkylation sites (tertiary alicyclic amines) is 1. The van der Waals surface area contributed by atoms with Gasteiger partial charge >= 0.3 is 5.97 Å². The molecule has 0 radical (unpaired) electrons. The van der Waals surface area contributed by atoms with Crippen LogP contribution in [0.2, 0.25) is 0 Å². The monoisotopic (exact) mass is 227 g/mol. The highest BCUT2D eigenvalue weighted by Gasteiger charge is 2.39. The van der Waals surface area contributed by atoms with Crippen molar-refractivity contribution < 1.29 is 19.5 Å². The maximum Gasteiger partial charge on any atom is 0.326 e. The predicted octanol–water partition coefficient (Wildman–Crippen LogP) is 0.677. The van der Waals surface area contributed by atoms with Crippen LogP contribution in [0.25, 0.3) is 0 Å². The topological polar surface area (TPSA) is 74.7 Å². The Morgan fingerprint density at radius 1 is 1.25 bits per heavy atom. The fraction of sp³-hybridized carbons (Fsp3) is 0.727. The fourth-order valence-electron chi connectivity index (χ4n) is 1.72. The minimum atomic E-state index is -1.03. The van der Waals surface area contributed by atoms with Crippen LogP contribution in [0.4, 0.5) is 0 Å². The predicted molar refractivity (Wildman–Crippen MR) is 56.8 cm³/mol. The summed E-state index contributed by atoms with van der Waals surface area (Å²) in [5, 5.41) is 8.91. The maximum atomic E-state index is 11.8. The van der Waals surface area contributed by atoms with Gasteiger partial charge in [0.1, 0.15) is 6.04 Å². The van der Waals surface area contributed by atoms with Gasteiger partial charge in [-0.15, -0.1) is 0 Å². The van der Waals surface area contributed by atoms with E-state index in [9.17, 15) is 14.4 Å². The number of aliphatic carboxylic acids is 1. The summed E-state index contributed by atoms with van der Waals surface area (Å²) >= 11 is 0. The number of hydrogen-bond donors (Lipinski definition) is 1. The van der Waals surface area contributed by atoms with Crippen molar-refractivity contribution in [2.75, 3.05) is 6.54 Å². The third-order valence-electron chi connectivity index (χ3n) is 2.67. The van der Waals surface area contributed by atoms with E-state index in [1.54, 1.807) is 20.8 Å². The summed E-state index contributed by atoms with van der Waals surface area (Å²) in [5.41, 5.74) is -0.761. The Labute approximate surface area is 94.4 Å². The molecule has 1 unspecified atom stereocenters. The molecule has 90 valence electrons. The van der Waals surface area contributed by atoms with E-state index in [4.69, 9.17) is 5.11 Å². The zero-order valence-corrected chi connectivity index (χ0v) is 9.82. The first-order valence-electron chi connectivity index (χ1n) is 5.33. The molecule has 1 rings (SSSR count). The minimum absolute atomic E-state index is 0.359. The van der Waals surface area contributed by atoms with Crippen LogP contribution < -0.4 is 0 Å². The zero-order chi connectivity index (χ0) is 12.5. The molecule has 1 fully saturated rings. The van der Waals surface area contributed by atoms with Gasteiger partial charge in [-0.1, -0.05) is 20.8 Å². The lowest BCUT2D eigenvalue weighted by Gasteiger charge is -2.24. The third-order valence-corrected chi connectivity index (χ3v) is 2.67. The molecule has 1 saturated heterocycles. The number of nitrogens with zero attached hydrogens (tertiary/aromatic N) is 1. The lowest BCUT2D eigenvalue weighted by molar-refractivity contribution is -0.154. The summed E-state index contributed by atoms with van der Waals surface area (Å²) < 4.78 is 0. The average Bonchev–Trinajstić information content (AvgIpc) is 2.62. The molecule has 1 atom stereocenters. The van der Waals surface area contributed by atoms with E-state index in [0.717, 1.165) is 0 Å². The maximum absolute atomic E-state index is 11.8. The molecule has 0 aliphatic carbocycles. The second-order valence-electron chi connectivity index (χ2n) is 5.07. The van der Waals surface area contributed by atoms with Crippen molar-refractivity contribution in [3.8, 4) is 0 Å². The van der Waals surface area contributed by atoms with Gasteiger partial charge in [0.15, 0.2) is 0 Å². The van der Waals surface area contributed by atoms with Crippen molar-refractivity contribution in [1.82, 2.24) is 4.90 Å². The smallest absolute Gasteiger partial charge is 0.326 e. The largest absolute Gasteiger partial charge is 0.480 e. The van der Waals surface area contributed by atoms with Gasteiger partial charge in [0, 0.05) is 12.0 Å². The number of carboxylic acids is 1.